The van der Waals surface area contributed by atoms with Crippen molar-refractivity contribution in [2.75, 3.05) is 26.2 Å². The second-order valence-electron chi connectivity index (χ2n) is 12.9. The van der Waals surface area contributed by atoms with Gasteiger partial charge in [0.2, 0.25) is 17.7 Å². The van der Waals surface area contributed by atoms with Crippen molar-refractivity contribution in [2.45, 2.75) is 87.9 Å². The van der Waals surface area contributed by atoms with Crippen molar-refractivity contribution in [3.63, 3.8) is 0 Å². The summed E-state index contributed by atoms with van der Waals surface area (Å²) >= 11 is 1.69. The van der Waals surface area contributed by atoms with E-state index < -0.39 is 33.4 Å². The van der Waals surface area contributed by atoms with Crippen LogP contribution >= 0.6 is 11.8 Å². The van der Waals surface area contributed by atoms with Crippen LogP contribution in [0, 0.1) is 17.8 Å². The van der Waals surface area contributed by atoms with Crippen LogP contribution in [0.4, 0.5) is 0 Å². The van der Waals surface area contributed by atoms with Gasteiger partial charge < -0.3 is 19.8 Å². The van der Waals surface area contributed by atoms with E-state index in [1.807, 2.05) is 40.1 Å². The summed E-state index contributed by atoms with van der Waals surface area (Å²) in [5.41, 5.74) is 1.02. The highest BCUT2D eigenvalue weighted by Crippen LogP contribution is 2.72. The fourth-order valence-electron chi connectivity index (χ4n) is 7.59. The fraction of sp³-hybridized carbons (Fsp3) is 0.618. The molecule has 2 bridgehead atoms. The van der Waals surface area contributed by atoms with E-state index in [1.54, 1.807) is 28.8 Å². The molecule has 1 aromatic rings. The third-order valence-electron chi connectivity index (χ3n) is 9.38. The minimum Gasteiger partial charge on any atom is -0.394 e. The lowest BCUT2D eigenvalue weighted by molar-refractivity contribution is -0.148. The molecule has 0 aliphatic carbocycles. The van der Waals surface area contributed by atoms with Gasteiger partial charge >= 0.3 is 0 Å². The van der Waals surface area contributed by atoms with Gasteiger partial charge in [-0.05, 0) is 44.1 Å². The number of benzene rings is 1. The Morgan fingerprint density at radius 3 is 2.38 bits per heavy atom. The Morgan fingerprint density at radius 2 is 1.79 bits per heavy atom. The number of rotatable bonds is 15. The molecule has 1 aromatic carbocycles. The number of thioether (sulfide) groups is 1. The number of carbonyl (C=O) groups is 3. The maximum Gasteiger partial charge on any atom is 0.247 e. The van der Waals surface area contributed by atoms with Crippen LogP contribution in [-0.4, -0.2) is 85.3 Å². The van der Waals surface area contributed by atoms with Crippen molar-refractivity contribution in [1.29, 1.82) is 0 Å². The minimum atomic E-state index is -0.727. The summed E-state index contributed by atoms with van der Waals surface area (Å²) in [6.07, 6.45) is 7.31. The molecule has 7 nitrogen and oxygen atoms in total. The zero-order valence-corrected chi connectivity index (χ0v) is 26.7. The SMILES string of the molecule is C=CCN(CCCC)C(=O)C1N([C@@H](CO)CC(C)C)C(=O)[C@@H]2[C@H](C(=O)N(CC=C)Cc3ccccc3)[C@]3(C)CCC12S3. The van der Waals surface area contributed by atoms with Crippen LogP contribution in [0.3, 0.4) is 0 Å². The lowest BCUT2D eigenvalue weighted by atomic mass is 9.66. The molecule has 1 N–H and O–H groups in total. The second kappa shape index (κ2) is 13.4. The molecule has 3 heterocycles. The van der Waals surface area contributed by atoms with E-state index in [0.717, 1.165) is 24.8 Å². The van der Waals surface area contributed by atoms with Crippen molar-refractivity contribution in [3.8, 4) is 0 Å². The van der Waals surface area contributed by atoms with Crippen LogP contribution in [0.5, 0.6) is 0 Å². The molecule has 3 aliphatic rings. The minimum absolute atomic E-state index is 0.0555. The predicted octanol–water partition coefficient (Wildman–Crippen LogP) is 4.90. The van der Waals surface area contributed by atoms with Gasteiger partial charge in [0.25, 0.3) is 0 Å². The highest BCUT2D eigenvalue weighted by molar-refractivity contribution is 8.02. The van der Waals surface area contributed by atoms with Gasteiger partial charge in [-0.15, -0.1) is 24.9 Å². The van der Waals surface area contributed by atoms with Crippen LogP contribution in [0.25, 0.3) is 0 Å². The van der Waals surface area contributed by atoms with E-state index in [2.05, 4.69) is 40.9 Å². The lowest BCUT2D eigenvalue weighted by Crippen LogP contribution is -2.57. The summed E-state index contributed by atoms with van der Waals surface area (Å²) < 4.78 is -1.18. The van der Waals surface area contributed by atoms with Crippen LogP contribution in [0.2, 0.25) is 0 Å². The Bertz CT molecular complexity index is 1160. The second-order valence-corrected chi connectivity index (χ2v) is 14.8. The van der Waals surface area contributed by atoms with E-state index in [0.29, 0.717) is 39.0 Å². The normalized spacial score (nSPS) is 28.6. The van der Waals surface area contributed by atoms with E-state index in [1.165, 1.54) is 0 Å². The average molecular weight is 596 g/mol. The zero-order chi connectivity index (χ0) is 30.7. The molecule has 0 saturated carbocycles. The molecule has 42 heavy (non-hydrogen) atoms. The van der Waals surface area contributed by atoms with Gasteiger partial charge in [0, 0.05) is 30.9 Å². The Labute approximate surface area is 256 Å². The van der Waals surface area contributed by atoms with Gasteiger partial charge in [0.1, 0.15) is 6.04 Å². The highest BCUT2D eigenvalue weighted by atomic mass is 32.2. The summed E-state index contributed by atoms with van der Waals surface area (Å²) in [5, 5.41) is 10.6. The molecular formula is C34H49N3O4S. The summed E-state index contributed by atoms with van der Waals surface area (Å²) in [6, 6.07) is 8.66. The van der Waals surface area contributed by atoms with E-state index >= 15 is 0 Å². The Kier molecular flexibility index (Phi) is 10.3. The molecule has 230 valence electrons. The molecular weight excluding hydrogens is 546 g/mol. The number of hydrogen-bond donors (Lipinski definition) is 1. The topological polar surface area (TPSA) is 81.2 Å². The predicted molar refractivity (Wildman–Crippen MR) is 170 cm³/mol. The molecule has 4 rings (SSSR count). The molecule has 3 fully saturated rings. The van der Waals surface area contributed by atoms with Gasteiger partial charge in [-0.25, -0.2) is 0 Å². The van der Waals surface area contributed by atoms with Crippen LogP contribution in [-0.2, 0) is 20.9 Å². The number of carbonyl (C=O) groups excluding carboxylic acids is 3. The summed E-state index contributed by atoms with van der Waals surface area (Å²) in [4.78, 5) is 49.1. The summed E-state index contributed by atoms with van der Waals surface area (Å²) in [5.74, 6) is -1.26. The maximum atomic E-state index is 14.7. The van der Waals surface area contributed by atoms with Gasteiger partial charge in [0.05, 0.1) is 29.2 Å². The molecule has 3 aliphatic heterocycles. The van der Waals surface area contributed by atoms with Gasteiger partial charge in [0.15, 0.2) is 0 Å². The van der Waals surface area contributed by atoms with E-state index in [-0.39, 0.29) is 30.2 Å². The first-order chi connectivity index (χ1) is 20.1. The number of fused-ring (bicyclic) bond motifs is 1. The Hall–Kier alpha value is -2.58. The van der Waals surface area contributed by atoms with Crippen molar-refractivity contribution < 1.29 is 19.5 Å². The van der Waals surface area contributed by atoms with Crippen molar-refractivity contribution in [2.24, 2.45) is 17.8 Å². The molecule has 3 saturated heterocycles. The lowest BCUT2D eigenvalue weighted by Gasteiger charge is -2.40. The van der Waals surface area contributed by atoms with Gasteiger partial charge in [-0.1, -0.05) is 69.7 Å². The zero-order valence-electron chi connectivity index (χ0n) is 25.8. The average Bonchev–Trinajstić information content (AvgIpc) is 3.54. The van der Waals surface area contributed by atoms with Crippen molar-refractivity contribution in [3.05, 3.63) is 61.2 Å². The molecule has 6 atom stereocenters. The van der Waals surface area contributed by atoms with Crippen LogP contribution < -0.4 is 0 Å². The number of likely N-dealkylation sites (tertiary alicyclic amines) is 1. The number of amides is 3. The Balaban J connectivity index is 1.79. The largest absolute Gasteiger partial charge is 0.394 e. The quantitative estimate of drug-likeness (QED) is 0.292. The molecule has 2 unspecified atom stereocenters. The first kappa shape index (κ1) is 32.3. The van der Waals surface area contributed by atoms with E-state index in [9.17, 15) is 19.5 Å². The third-order valence-corrected chi connectivity index (χ3v) is 11.4. The molecule has 8 heteroatoms. The van der Waals surface area contributed by atoms with Crippen molar-refractivity contribution >= 4 is 29.5 Å². The molecule has 1 spiro atoms. The number of nitrogens with zero attached hydrogens (tertiary/aromatic N) is 3. The monoisotopic (exact) mass is 595 g/mol. The van der Waals surface area contributed by atoms with E-state index in [4.69, 9.17) is 0 Å². The molecule has 3 amide bonds. The van der Waals surface area contributed by atoms with Crippen molar-refractivity contribution in [1.82, 2.24) is 14.7 Å². The number of aliphatic hydroxyl groups is 1. The number of hydrogen-bond acceptors (Lipinski definition) is 5. The van der Waals surface area contributed by atoms with Gasteiger partial charge in [-0.3, -0.25) is 14.4 Å². The van der Waals surface area contributed by atoms with Crippen LogP contribution in [0.15, 0.2) is 55.6 Å². The molecule has 0 radical (unpaired) electrons. The molecule has 0 aromatic heterocycles. The first-order valence-electron chi connectivity index (χ1n) is 15.5. The summed E-state index contributed by atoms with van der Waals surface area (Å²) in [7, 11) is 0. The van der Waals surface area contributed by atoms with Crippen LogP contribution in [0.1, 0.15) is 65.4 Å². The Morgan fingerprint density at radius 1 is 1.12 bits per heavy atom. The highest BCUT2D eigenvalue weighted by Gasteiger charge is 2.78. The number of unbranched alkanes of at least 4 members (excludes halogenated alkanes) is 1. The first-order valence-corrected chi connectivity index (χ1v) is 16.4. The fourth-order valence-corrected chi connectivity index (χ4v) is 9.92. The maximum absolute atomic E-state index is 14.7. The number of aliphatic hydroxyl groups excluding tert-OH is 1. The van der Waals surface area contributed by atoms with Gasteiger partial charge in [-0.2, -0.15) is 0 Å². The smallest absolute Gasteiger partial charge is 0.247 e. The summed E-state index contributed by atoms with van der Waals surface area (Å²) in [6.45, 7) is 17.7. The third kappa shape index (κ3) is 5.81. The standard InChI is InChI=1S/C34H49N3O4S/c1-7-10-20-35(18-8-2)32(41)29-34-17-16-33(6,42-34)27(28(34)31(40)37(29)26(23-38)21-24(4)5)30(39)36(19-9-3)22-25-14-12-11-13-15-25/h8-9,11-15,24,26-29,38H,2-3,7,10,16-23H2,1,4-6H3/t26-,27-,28+,29?,33+,34?/m1/s1.